The Morgan fingerprint density at radius 1 is 0.513 bits per heavy atom. The average molecular weight is 1640 g/mol. The minimum Gasteiger partial charge on any atom is -0.481 e. The van der Waals surface area contributed by atoms with E-state index in [1.165, 1.54) is 0 Å². The normalized spacial score (nSPS) is 22.8. The molecule has 37 nitrogen and oxygen atoms in total. The number of guanidine groups is 1. The van der Waals surface area contributed by atoms with Gasteiger partial charge in [-0.2, -0.15) is 0 Å². The molecule has 0 radical (unpaired) electrons. The number of unbranched alkanes of at least 4 members (excludes halogenated alkanes) is 2. The van der Waals surface area contributed by atoms with E-state index in [2.05, 4.69) is 84.4 Å². The van der Waals surface area contributed by atoms with E-state index in [1.54, 1.807) is 120 Å². The van der Waals surface area contributed by atoms with Crippen molar-refractivity contribution in [2.24, 2.45) is 29.0 Å². The number of thioether (sulfide) groups is 1. The number of aliphatic hydroxyl groups is 1. The number of nitrogens with two attached hydrogens (primary N) is 3. The van der Waals surface area contributed by atoms with Gasteiger partial charge in [-0.15, -0.1) is 0 Å². The van der Waals surface area contributed by atoms with E-state index >= 15 is 19.2 Å². The van der Waals surface area contributed by atoms with Crippen molar-refractivity contribution in [3.63, 3.8) is 0 Å². The van der Waals surface area contributed by atoms with Gasteiger partial charge in [-0.25, -0.2) is 0 Å². The molecule has 0 saturated carbocycles. The van der Waals surface area contributed by atoms with Crippen LogP contribution in [0.1, 0.15) is 116 Å². The third-order valence-electron chi connectivity index (χ3n) is 19.8. The summed E-state index contributed by atoms with van der Waals surface area (Å²) in [5.74, 6) is -17.0. The third kappa shape index (κ3) is 28.4. The van der Waals surface area contributed by atoms with Crippen LogP contribution in [0, 0.1) is 17.2 Å². The molecule has 1 saturated heterocycles. The summed E-state index contributed by atoms with van der Waals surface area (Å²) in [6.45, 7) is 5.72. The summed E-state index contributed by atoms with van der Waals surface area (Å²) in [6.07, 6.45) is 2.53. The van der Waals surface area contributed by atoms with Crippen molar-refractivity contribution in [2.75, 3.05) is 38.5 Å². The van der Waals surface area contributed by atoms with Crippen molar-refractivity contribution in [1.29, 1.82) is 5.41 Å². The smallest absolute Gasteiger partial charge is 0.305 e. The minimum atomic E-state index is -1.97. The summed E-state index contributed by atoms with van der Waals surface area (Å²) in [5.41, 5.74) is 20.0. The zero-order valence-electron chi connectivity index (χ0n) is 65.9. The second-order valence-corrected chi connectivity index (χ2v) is 30.0. The first-order valence-electron chi connectivity index (χ1n) is 38.9. The fourth-order valence-corrected chi connectivity index (χ4v) is 13.8. The maximum absolute atomic E-state index is 15.1. The molecule has 7 rings (SSSR count). The molecule has 4 aromatic carbocycles. The van der Waals surface area contributed by atoms with Crippen LogP contribution in [0.25, 0.3) is 32.6 Å². The molecule has 1 aliphatic rings. The average Bonchev–Trinajstić information content (AvgIpc) is 1.74. The third-order valence-corrected chi connectivity index (χ3v) is 20.7. The highest BCUT2D eigenvalue weighted by molar-refractivity contribution is 8.13. The van der Waals surface area contributed by atoms with Crippen molar-refractivity contribution in [3.05, 3.63) is 120 Å². The van der Waals surface area contributed by atoms with E-state index in [-0.39, 0.29) is 70.9 Å². The Hall–Kier alpha value is -12.2. The summed E-state index contributed by atoms with van der Waals surface area (Å²) in [6, 6.07) is 9.15. The predicted octanol–water partition coefficient (Wildman–Crippen LogP) is -1.03. The molecule has 1 fully saturated rings. The first-order chi connectivity index (χ1) is 55.9. The predicted molar refractivity (Wildman–Crippen MR) is 436 cm³/mol. The van der Waals surface area contributed by atoms with Gasteiger partial charge in [0.1, 0.15) is 66.5 Å². The van der Waals surface area contributed by atoms with Crippen LogP contribution in [0.2, 0.25) is 0 Å². The van der Waals surface area contributed by atoms with Crippen LogP contribution in [-0.4, -0.2) is 219 Å². The highest BCUT2D eigenvalue weighted by Gasteiger charge is 2.39. The molecular weight excluding hydrogens is 1530 g/mol. The first-order valence-corrected chi connectivity index (χ1v) is 39.9. The molecular formula is C79H108N20O17S. The number of carbonyl (C=O) groups is 15. The highest BCUT2D eigenvalue weighted by atomic mass is 32.2. The monoisotopic (exact) mass is 1640 g/mol. The molecule has 14 amide bonds. The fourth-order valence-electron chi connectivity index (χ4n) is 13.1. The first kappa shape index (κ1) is 92.0. The lowest BCUT2D eigenvalue weighted by Crippen LogP contribution is -2.61. The number of fused-ring (bicyclic) bond motifs is 3. The van der Waals surface area contributed by atoms with Gasteiger partial charge in [-0.3, -0.25) is 77.3 Å². The number of carboxylic acids is 1. The number of aliphatic carboxylic acids is 1. The number of H-pyrrole nitrogens is 2. The largest absolute Gasteiger partial charge is 0.481 e. The van der Waals surface area contributed by atoms with Crippen molar-refractivity contribution >= 4 is 138 Å². The minimum absolute atomic E-state index is 0.00776. The van der Waals surface area contributed by atoms with Crippen LogP contribution in [0.4, 0.5) is 4.79 Å². The Kier molecular flexibility index (Phi) is 36.0. The zero-order chi connectivity index (χ0) is 85.4. The number of carbonyl (C=O) groups excluding carboxylic acids is 14. The second-order valence-electron chi connectivity index (χ2n) is 29.0. The molecule has 25 N–H and O–H groups in total. The van der Waals surface area contributed by atoms with Gasteiger partial charge < -0.3 is 112 Å². The number of para-hydroxylation sites is 2. The van der Waals surface area contributed by atoms with Crippen LogP contribution in [0.15, 0.2) is 103 Å². The molecule has 117 heavy (non-hydrogen) atoms. The molecule has 6 aromatic rings. The molecule has 632 valence electrons. The Bertz CT molecular complexity index is 4540. The van der Waals surface area contributed by atoms with Gasteiger partial charge in [-0.1, -0.05) is 145 Å². The van der Waals surface area contributed by atoms with Gasteiger partial charge >= 0.3 is 5.97 Å². The molecule has 0 aliphatic carbocycles. The molecule has 0 spiro atoms. The van der Waals surface area contributed by atoms with E-state index in [1.807, 2.05) is 18.2 Å². The quantitative estimate of drug-likeness (QED) is 0.0196. The lowest BCUT2D eigenvalue weighted by Gasteiger charge is -2.29. The number of aromatic amines is 2. The molecule has 12 atom stereocenters. The summed E-state index contributed by atoms with van der Waals surface area (Å²) in [4.78, 5) is 220. The molecule has 1 aliphatic heterocycles. The second kappa shape index (κ2) is 45.8. The standard InChI is InChI=1S/C79H108N20O17S/c1-6-8-22-54-70(108)91-55(26-17-30-84-78(82)83)71(109)93-58(34-48-37-86-52-24-14-12-21-50(48)52)75(113)98-65(42(3)4)76(114)97-61(67(81)105)41-117-79(116)88-39-63(102)90-56(32-44-27-28-45-18-9-10-19-46(45)31-44)74(112)99-66(43(5)7-2)77(115)96-60(40-100)68(106)87-38-62(101)89-53(25-15-16-29-80)69(107)95-59(35-64(103)104)73(111)94-57(72(110)92-54)33-47-36-85-51-23-13-11-20-49(47)51/h9-14,18-21,23-24,27-28,31,36-37,42-43,53-61,65-66,85-86,100H,6-8,15-17,22,25-26,29-30,32-35,38-41,80H2,1-5H3,(H2,81,105)(H,87,106)(H,88,116)(H,89,101)(H,90,102)(H,91,108)(H,92,110)(H,93,109)(H,94,111)(H,95,107)(H,96,115)(H,97,114)(H,98,113)(H,99,112)(H,103,104)(H4,82,83,84)/t43-,53-,54-,55-,56-,57-,58-,59-,60-,61-,65-,66-/m0/s1. The number of benzene rings is 4. The Morgan fingerprint density at radius 2 is 0.983 bits per heavy atom. The number of rotatable bonds is 24. The molecule has 38 heteroatoms. The topological polar surface area (TPSA) is 598 Å². The molecule has 3 heterocycles. The van der Waals surface area contributed by atoms with Gasteiger partial charge in [0.2, 0.25) is 76.8 Å². The Morgan fingerprint density at radius 3 is 1.53 bits per heavy atom. The van der Waals surface area contributed by atoms with Gasteiger partial charge in [0.25, 0.3) is 5.24 Å². The van der Waals surface area contributed by atoms with Crippen LogP contribution >= 0.6 is 11.8 Å². The number of aliphatic hydroxyl groups excluding tert-OH is 1. The number of hydrogen-bond donors (Lipinski definition) is 22. The van der Waals surface area contributed by atoms with Gasteiger partial charge in [0, 0.05) is 65.8 Å². The van der Waals surface area contributed by atoms with Gasteiger partial charge in [0.05, 0.1) is 26.1 Å². The lowest BCUT2D eigenvalue weighted by atomic mass is 9.96. The SMILES string of the molecule is CCCC[C@@H]1NC(=O)[C@H](Cc2c[nH]c3ccccc23)NC(=O)[C@H](CC(=O)O)NC(=O)[C@H](CCCCN)NC(=O)CNC(=O)[C@H](CO)NC(=O)[C@H]([C@@H](C)CC)NC(=O)[C@H](Cc2ccc3ccccc3c2)NC(=O)CNC(=O)SC[C@@H](C(N)=O)NC(=O)[C@H](C(C)C)NC(=O)[C@H](Cc2c[nH]c3ccccc23)NC(=O)[C@H](CCCNC(=N)N)NC1=O. The van der Waals surface area contributed by atoms with Gasteiger partial charge in [-0.05, 0) is 96.5 Å². The van der Waals surface area contributed by atoms with E-state index in [4.69, 9.17) is 22.6 Å². The summed E-state index contributed by atoms with van der Waals surface area (Å²) >= 11 is 0.447. The van der Waals surface area contributed by atoms with E-state index in [9.17, 15) is 63.0 Å². The lowest BCUT2D eigenvalue weighted by molar-refractivity contribution is -0.141. The summed E-state index contributed by atoms with van der Waals surface area (Å²) < 4.78 is 0. The maximum atomic E-state index is 15.1. The van der Waals surface area contributed by atoms with E-state index < -0.39 is 204 Å². The van der Waals surface area contributed by atoms with E-state index in [0.717, 1.165) is 10.8 Å². The van der Waals surface area contributed by atoms with Gasteiger partial charge in [0.15, 0.2) is 5.96 Å². The van der Waals surface area contributed by atoms with Crippen LogP contribution in [0.3, 0.4) is 0 Å². The Balaban J connectivity index is 1.26. The zero-order valence-corrected chi connectivity index (χ0v) is 66.7. The maximum Gasteiger partial charge on any atom is 0.305 e. The number of hydrogen-bond acceptors (Lipinski definition) is 19. The number of nitrogens with one attached hydrogen (secondary N) is 17. The highest BCUT2D eigenvalue weighted by Crippen LogP contribution is 2.24. The fraction of sp³-hybridized carbons (Fsp3) is 0.468. The van der Waals surface area contributed by atoms with Crippen molar-refractivity contribution in [2.45, 2.75) is 185 Å². The van der Waals surface area contributed by atoms with Crippen molar-refractivity contribution in [3.8, 4) is 0 Å². The number of aromatic nitrogens is 2. The molecule has 0 unspecified atom stereocenters. The van der Waals surface area contributed by atoms with Crippen molar-refractivity contribution in [1.82, 2.24) is 84.4 Å². The van der Waals surface area contributed by atoms with Crippen molar-refractivity contribution < 1.29 is 82.1 Å². The summed E-state index contributed by atoms with van der Waals surface area (Å²) in [7, 11) is 0. The van der Waals surface area contributed by atoms with Crippen LogP contribution in [0.5, 0.6) is 0 Å². The summed E-state index contributed by atoms with van der Waals surface area (Å²) in [5, 5.41) is 66.5. The molecule has 2 aromatic heterocycles. The number of primary amides is 1. The van der Waals surface area contributed by atoms with Crippen LogP contribution in [-0.2, 0) is 86.4 Å². The Labute approximate surface area is 679 Å². The van der Waals surface area contributed by atoms with E-state index in [0.29, 0.717) is 69.5 Å². The number of amides is 14. The molecule has 0 bridgehead atoms. The number of carboxylic acid groups (broad SMARTS) is 1. The van der Waals surface area contributed by atoms with Crippen LogP contribution < -0.4 is 91.6 Å².